The number of aromatic hydroxyl groups is 1. The molecule has 7 heteroatoms. The van der Waals surface area contributed by atoms with E-state index in [1.54, 1.807) is 0 Å². The molecule has 0 saturated heterocycles. The zero-order valence-electron chi connectivity index (χ0n) is 14.4. The number of esters is 1. The normalized spacial score (nSPS) is 10.8. The van der Waals surface area contributed by atoms with Crippen LogP contribution in [-0.2, 0) is 20.9 Å². The first-order valence-electron chi connectivity index (χ1n) is 8.10. The number of fused-ring (bicyclic) bond motifs is 1. The van der Waals surface area contributed by atoms with Gasteiger partial charge in [-0.3, -0.25) is 0 Å². The van der Waals surface area contributed by atoms with Gasteiger partial charge in [-0.15, -0.1) is 15.0 Å². The summed E-state index contributed by atoms with van der Waals surface area (Å²) >= 11 is 0. The quantitative estimate of drug-likeness (QED) is 0.399. The number of hydrogen-bond acceptors (Lipinski definition) is 6. The Bertz CT molecular complexity index is 916. The summed E-state index contributed by atoms with van der Waals surface area (Å²) in [7, 11) is 0. The van der Waals surface area contributed by atoms with Crippen molar-refractivity contribution in [2.45, 2.75) is 13.5 Å². The van der Waals surface area contributed by atoms with E-state index in [2.05, 4.69) is 16.8 Å². The summed E-state index contributed by atoms with van der Waals surface area (Å²) in [5.41, 5.74) is 3.52. The molecule has 3 rings (SSSR count). The molecule has 134 valence electrons. The Morgan fingerprint density at radius 3 is 2.58 bits per heavy atom. The summed E-state index contributed by atoms with van der Waals surface area (Å²) in [6.07, 6.45) is 1.10. The van der Waals surface area contributed by atoms with Crippen LogP contribution in [0.2, 0.25) is 0 Å². The lowest BCUT2D eigenvalue weighted by Gasteiger charge is -2.11. The van der Waals surface area contributed by atoms with Crippen LogP contribution >= 0.6 is 0 Å². The highest BCUT2D eigenvalue weighted by molar-refractivity contribution is 5.81. The molecule has 0 aliphatic heterocycles. The highest BCUT2D eigenvalue weighted by Gasteiger charge is 2.13. The molecule has 0 saturated carbocycles. The van der Waals surface area contributed by atoms with Crippen molar-refractivity contribution < 1.29 is 19.4 Å². The molecule has 0 amide bonds. The van der Waals surface area contributed by atoms with E-state index in [-0.39, 0.29) is 25.6 Å². The monoisotopic (exact) mass is 353 g/mol. The van der Waals surface area contributed by atoms with Gasteiger partial charge in [0.2, 0.25) is 0 Å². The van der Waals surface area contributed by atoms with Crippen LogP contribution in [-0.4, -0.2) is 39.3 Å². The number of aryl methyl sites for hydroxylation is 1. The van der Waals surface area contributed by atoms with Crippen LogP contribution in [0.5, 0.6) is 5.75 Å². The van der Waals surface area contributed by atoms with Gasteiger partial charge >= 0.3 is 5.97 Å². The number of carbonyl (C=O) groups is 1. The molecule has 0 aliphatic rings. The number of phenols is 1. The summed E-state index contributed by atoms with van der Waals surface area (Å²) in [4.78, 5) is 12.4. The fourth-order valence-electron chi connectivity index (χ4n) is 2.51. The Labute approximate surface area is 150 Å². The lowest BCUT2D eigenvalue weighted by atomic mass is 10.1. The highest BCUT2D eigenvalue weighted by atomic mass is 16.6. The van der Waals surface area contributed by atoms with E-state index in [4.69, 9.17) is 9.47 Å². The van der Waals surface area contributed by atoms with Gasteiger partial charge in [-0.25, -0.2) is 4.79 Å². The standard InChI is InChI=1S/C19H19N3O4/c1-3-18(23)26-9-8-25-12-14-10-13(2)11-17(19(14)24)22-20-15-6-4-5-7-16(15)21-22/h3-7,10-11,24H,1,8-9,12H2,2H3. The molecule has 1 aromatic heterocycles. The minimum atomic E-state index is -0.494. The summed E-state index contributed by atoms with van der Waals surface area (Å²) in [6.45, 7) is 5.75. The van der Waals surface area contributed by atoms with E-state index < -0.39 is 5.97 Å². The van der Waals surface area contributed by atoms with E-state index >= 15 is 0 Å². The molecule has 2 aromatic carbocycles. The largest absolute Gasteiger partial charge is 0.505 e. The van der Waals surface area contributed by atoms with Crippen LogP contribution in [0.3, 0.4) is 0 Å². The summed E-state index contributed by atoms with van der Waals surface area (Å²) in [5.74, 6) is -0.440. The minimum absolute atomic E-state index is 0.0546. The van der Waals surface area contributed by atoms with Crippen LogP contribution in [0.1, 0.15) is 11.1 Å². The molecule has 0 radical (unpaired) electrons. The zero-order chi connectivity index (χ0) is 18.5. The first-order chi connectivity index (χ1) is 12.6. The van der Waals surface area contributed by atoms with Gasteiger partial charge in [0, 0.05) is 11.6 Å². The van der Waals surface area contributed by atoms with Crippen molar-refractivity contribution in [1.29, 1.82) is 0 Å². The fourth-order valence-corrected chi connectivity index (χ4v) is 2.51. The minimum Gasteiger partial charge on any atom is -0.505 e. The third-order valence-corrected chi connectivity index (χ3v) is 3.71. The van der Waals surface area contributed by atoms with Crippen molar-refractivity contribution in [3.05, 3.63) is 60.2 Å². The Morgan fingerprint density at radius 1 is 1.23 bits per heavy atom. The highest BCUT2D eigenvalue weighted by Crippen LogP contribution is 2.28. The number of rotatable bonds is 7. The maximum Gasteiger partial charge on any atom is 0.330 e. The van der Waals surface area contributed by atoms with Gasteiger partial charge in [-0.1, -0.05) is 18.7 Å². The number of benzene rings is 2. The summed E-state index contributed by atoms with van der Waals surface area (Å²) in [6, 6.07) is 11.1. The zero-order valence-corrected chi connectivity index (χ0v) is 14.4. The summed E-state index contributed by atoms with van der Waals surface area (Å²) < 4.78 is 10.3. The molecule has 7 nitrogen and oxygen atoms in total. The number of carbonyl (C=O) groups excluding carboxylic acids is 1. The molecular weight excluding hydrogens is 334 g/mol. The molecule has 26 heavy (non-hydrogen) atoms. The van der Waals surface area contributed by atoms with Crippen LogP contribution in [0, 0.1) is 6.92 Å². The first kappa shape index (κ1) is 17.6. The number of hydrogen-bond donors (Lipinski definition) is 1. The van der Waals surface area contributed by atoms with Crippen molar-refractivity contribution in [3.8, 4) is 11.4 Å². The van der Waals surface area contributed by atoms with Crippen molar-refractivity contribution in [2.24, 2.45) is 0 Å². The van der Waals surface area contributed by atoms with Crippen LogP contribution in [0.15, 0.2) is 49.1 Å². The maximum atomic E-state index is 11.0. The van der Waals surface area contributed by atoms with Crippen molar-refractivity contribution >= 4 is 17.0 Å². The van der Waals surface area contributed by atoms with Gasteiger partial charge in [0.1, 0.15) is 29.1 Å². The van der Waals surface area contributed by atoms with E-state index in [1.165, 1.54) is 4.80 Å². The van der Waals surface area contributed by atoms with Crippen molar-refractivity contribution in [3.63, 3.8) is 0 Å². The van der Waals surface area contributed by atoms with Gasteiger partial charge in [0.05, 0.1) is 13.2 Å². The predicted molar refractivity (Wildman–Crippen MR) is 96.1 cm³/mol. The molecule has 0 aliphatic carbocycles. The second kappa shape index (κ2) is 7.79. The first-order valence-corrected chi connectivity index (χ1v) is 8.10. The van der Waals surface area contributed by atoms with Gasteiger partial charge in [-0.05, 0) is 36.8 Å². The lowest BCUT2D eigenvalue weighted by molar-refractivity contribution is -0.139. The molecule has 1 N–H and O–H groups in total. The Balaban J connectivity index is 1.76. The Kier molecular flexibility index (Phi) is 5.28. The van der Waals surface area contributed by atoms with Crippen molar-refractivity contribution in [1.82, 2.24) is 15.0 Å². The third-order valence-electron chi connectivity index (χ3n) is 3.71. The van der Waals surface area contributed by atoms with E-state index in [1.807, 2.05) is 43.3 Å². The smallest absolute Gasteiger partial charge is 0.330 e. The number of aromatic nitrogens is 3. The predicted octanol–water partition coefficient (Wildman–Crippen LogP) is 2.68. The molecule has 0 fully saturated rings. The van der Waals surface area contributed by atoms with Crippen LogP contribution < -0.4 is 0 Å². The molecule has 0 atom stereocenters. The molecule has 3 aromatic rings. The number of ether oxygens (including phenoxy) is 2. The average Bonchev–Trinajstić information content (AvgIpc) is 3.07. The fraction of sp³-hybridized carbons (Fsp3) is 0.211. The Hall–Kier alpha value is -3.19. The van der Waals surface area contributed by atoms with Gasteiger partial charge in [-0.2, -0.15) is 0 Å². The second-order valence-electron chi connectivity index (χ2n) is 5.69. The Morgan fingerprint density at radius 2 is 1.92 bits per heavy atom. The van der Waals surface area contributed by atoms with Crippen molar-refractivity contribution in [2.75, 3.05) is 13.2 Å². The number of phenolic OH excluding ortho intramolecular Hbond substituents is 1. The number of nitrogens with zero attached hydrogens (tertiary/aromatic N) is 3. The van der Waals surface area contributed by atoms with Gasteiger partial charge in [0.15, 0.2) is 0 Å². The molecule has 0 spiro atoms. The van der Waals surface area contributed by atoms with Crippen LogP contribution in [0.25, 0.3) is 16.7 Å². The topological polar surface area (TPSA) is 86.5 Å². The molecule has 0 bridgehead atoms. The second-order valence-corrected chi connectivity index (χ2v) is 5.69. The van der Waals surface area contributed by atoms with Gasteiger partial charge in [0.25, 0.3) is 0 Å². The lowest BCUT2D eigenvalue weighted by Crippen LogP contribution is -2.09. The SMILES string of the molecule is C=CC(=O)OCCOCc1cc(C)cc(-n2nc3ccccc3n2)c1O. The van der Waals surface area contributed by atoms with Crippen LogP contribution in [0.4, 0.5) is 0 Å². The maximum absolute atomic E-state index is 11.0. The average molecular weight is 353 g/mol. The third kappa shape index (κ3) is 3.89. The molecular formula is C19H19N3O4. The molecule has 0 unspecified atom stereocenters. The molecule has 1 heterocycles. The van der Waals surface area contributed by atoms with Gasteiger partial charge < -0.3 is 14.6 Å². The van der Waals surface area contributed by atoms with E-state index in [0.29, 0.717) is 11.3 Å². The van der Waals surface area contributed by atoms with E-state index in [9.17, 15) is 9.90 Å². The van der Waals surface area contributed by atoms with E-state index in [0.717, 1.165) is 22.7 Å². The summed E-state index contributed by atoms with van der Waals surface area (Å²) in [5, 5.41) is 19.4.